The molecule has 2 rings (SSSR count). The zero-order valence-corrected chi connectivity index (χ0v) is 10.6. The molecule has 0 saturated carbocycles. The number of nitrogens with zero attached hydrogens (tertiary/aromatic N) is 3. The van der Waals surface area contributed by atoms with E-state index < -0.39 is 0 Å². The topological polar surface area (TPSA) is 50.7 Å². The summed E-state index contributed by atoms with van der Waals surface area (Å²) in [4.78, 5) is 12.8. The van der Waals surface area contributed by atoms with E-state index in [-0.39, 0.29) is 6.04 Å². The van der Waals surface area contributed by atoms with Crippen LogP contribution in [0, 0.1) is 5.92 Å². The molecule has 2 aromatic rings. The van der Waals surface area contributed by atoms with Crippen LogP contribution in [0.5, 0.6) is 0 Å². The highest BCUT2D eigenvalue weighted by Gasteiger charge is 2.11. The molecule has 2 aromatic heterocycles. The first-order valence-corrected chi connectivity index (χ1v) is 6.14. The fraction of sp³-hybridized carbons (Fsp3) is 0.417. The van der Waals surface area contributed by atoms with Gasteiger partial charge in [0.1, 0.15) is 11.3 Å². The van der Waals surface area contributed by atoms with Crippen molar-refractivity contribution in [2.45, 2.75) is 19.9 Å². The van der Waals surface area contributed by atoms with Gasteiger partial charge in [0.2, 0.25) is 0 Å². The number of fused-ring (bicyclic) bond motifs is 1. The number of rotatable bonds is 4. The van der Waals surface area contributed by atoms with Crippen LogP contribution >= 0.6 is 11.6 Å². The van der Waals surface area contributed by atoms with Crippen molar-refractivity contribution in [1.29, 1.82) is 0 Å². The summed E-state index contributed by atoms with van der Waals surface area (Å²) >= 11 is 5.83. The number of hydrogen-bond donors (Lipinski definition) is 1. The van der Waals surface area contributed by atoms with E-state index in [4.69, 9.17) is 11.6 Å². The van der Waals surface area contributed by atoms with Gasteiger partial charge in [-0.1, -0.05) is 6.92 Å². The molecule has 2 atom stereocenters. The first-order chi connectivity index (χ1) is 8.20. The first kappa shape index (κ1) is 12.0. The molecule has 0 aliphatic rings. The minimum absolute atomic E-state index is 0.272. The molecule has 2 unspecified atom stereocenters. The van der Waals surface area contributed by atoms with Gasteiger partial charge >= 0.3 is 0 Å². The maximum absolute atomic E-state index is 5.83. The Hall–Kier alpha value is -1.42. The molecule has 90 valence electrons. The van der Waals surface area contributed by atoms with Gasteiger partial charge < -0.3 is 5.32 Å². The van der Waals surface area contributed by atoms with Gasteiger partial charge in [0.15, 0.2) is 5.65 Å². The van der Waals surface area contributed by atoms with Crippen molar-refractivity contribution in [3.63, 3.8) is 0 Å². The summed E-state index contributed by atoms with van der Waals surface area (Å²) in [5, 5.41) is 3.32. The Labute approximate surface area is 105 Å². The van der Waals surface area contributed by atoms with Gasteiger partial charge in [-0.3, -0.25) is 4.98 Å². The lowest BCUT2D eigenvalue weighted by molar-refractivity contribution is 0.564. The lowest BCUT2D eigenvalue weighted by Gasteiger charge is -2.19. The molecule has 2 heterocycles. The third kappa shape index (κ3) is 2.82. The largest absolute Gasteiger partial charge is 0.367 e. The highest BCUT2D eigenvalue weighted by molar-refractivity contribution is 6.18. The molecule has 0 aromatic carbocycles. The van der Waals surface area contributed by atoms with E-state index in [0.717, 1.165) is 11.3 Å². The summed E-state index contributed by atoms with van der Waals surface area (Å²) in [7, 11) is 0. The molecule has 5 heteroatoms. The van der Waals surface area contributed by atoms with E-state index in [1.54, 1.807) is 12.4 Å². The molecule has 0 aliphatic carbocycles. The van der Waals surface area contributed by atoms with Crippen LogP contribution in [-0.4, -0.2) is 26.9 Å². The van der Waals surface area contributed by atoms with Crippen molar-refractivity contribution in [1.82, 2.24) is 15.0 Å². The van der Waals surface area contributed by atoms with Crippen LogP contribution in [-0.2, 0) is 0 Å². The van der Waals surface area contributed by atoms with E-state index in [0.29, 0.717) is 17.4 Å². The summed E-state index contributed by atoms with van der Waals surface area (Å²) < 4.78 is 0. The molecule has 0 saturated heterocycles. The standard InChI is InChI=1S/C12H15ClN4/c1-8(7-13)9(2)16-11-4-3-10-12(17-11)15-6-5-14-10/h3-6,8-9H,7H2,1-2H3,(H,15,16,17). The van der Waals surface area contributed by atoms with Crippen molar-refractivity contribution in [3.8, 4) is 0 Å². The number of pyridine rings is 1. The van der Waals surface area contributed by atoms with Gasteiger partial charge in [-0.25, -0.2) is 9.97 Å². The Morgan fingerprint density at radius 3 is 2.76 bits per heavy atom. The molecular formula is C12H15ClN4. The van der Waals surface area contributed by atoms with Crippen LogP contribution in [0.1, 0.15) is 13.8 Å². The Morgan fingerprint density at radius 1 is 1.24 bits per heavy atom. The van der Waals surface area contributed by atoms with Crippen molar-refractivity contribution in [2.75, 3.05) is 11.2 Å². The average Bonchev–Trinajstić information content (AvgIpc) is 2.37. The number of aromatic nitrogens is 3. The predicted octanol–water partition coefficient (Wildman–Crippen LogP) is 2.70. The van der Waals surface area contributed by atoms with Crippen molar-refractivity contribution in [2.24, 2.45) is 5.92 Å². The number of nitrogens with one attached hydrogen (secondary N) is 1. The third-order valence-electron chi connectivity index (χ3n) is 2.80. The molecule has 1 N–H and O–H groups in total. The van der Waals surface area contributed by atoms with Crippen LogP contribution < -0.4 is 5.32 Å². The van der Waals surface area contributed by atoms with Gasteiger partial charge in [0.25, 0.3) is 0 Å². The van der Waals surface area contributed by atoms with Crippen LogP contribution in [0.25, 0.3) is 11.2 Å². The lowest BCUT2D eigenvalue weighted by atomic mass is 10.1. The predicted molar refractivity (Wildman–Crippen MR) is 70.3 cm³/mol. The quantitative estimate of drug-likeness (QED) is 0.848. The fourth-order valence-electron chi connectivity index (χ4n) is 1.44. The second kappa shape index (κ2) is 5.27. The lowest BCUT2D eigenvalue weighted by Crippen LogP contribution is -2.25. The fourth-order valence-corrected chi connectivity index (χ4v) is 1.71. The molecule has 0 aliphatic heterocycles. The maximum atomic E-state index is 5.83. The average molecular weight is 251 g/mol. The zero-order valence-electron chi connectivity index (χ0n) is 9.89. The van der Waals surface area contributed by atoms with Gasteiger partial charge in [0, 0.05) is 24.3 Å². The highest BCUT2D eigenvalue weighted by Crippen LogP contribution is 2.14. The SMILES string of the molecule is CC(CCl)C(C)Nc1ccc2nccnc2n1. The summed E-state index contributed by atoms with van der Waals surface area (Å²) in [5.74, 6) is 1.82. The molecule has 4 nitrogen and oxygen atoms in total. The van der Waals surface area contributed by atoms with Crippen molar-refractivity contribution >= 4 is 28.6 Å². The second-order valence-electron chi connectivity index (χ2n) is 4.16. The molecule has 0 amide bonds. The number of anilines is 1. The maximum Gasteiger partial charge on any atom is 0.180 e. The number of alkyl halides is 1. The molecule has 0 fully saturated rings. The molecule has 0 radical (unpaired) electrons. The van der Waals surface area contributed by atoms with Crippen molar-refractivity contribution in [3.05, 3.63) is 24.5 Å². The molecule has 0 spiro atoms. The summed E-state index contributed by atoms with van der Waals surface area (Å²) in [6.07, 6.45) is 3.30. The third-order valence-corrected chi connectivity index (χ3v) is 3.29. The Balaban J connectivity index is 2.19. The van der Waals surface area contributed by atoms with E-state index in [1.165, 1.54) is 0 Å². The Morgan fingerprint density at radius 2 is 2.00 bits per heavy atom. The normalized spacial score (nSPS) is 14.5. The summed E-state index contributed by atoms with van der Waals surface area (Å²) in [6.45, 7) is 4.20. The minimum atomic E-state index is 0.272. The van der Waals surface area contributed by atoms with E-state index >= 15 is 0 Å². The summed E-state index contributed by atoms with van der Waals surface area (Å²) in [5.41, 5.74) is 1.46. The van der Waals surface area contributed by atoms with Crippen LogP contribution in [0.3, 0.4) is 0 Å². The van der Waals surface area contributed by atoms with Gasteiger partial charge in [-0.05, 0) is 25.0 Å². The van der Waals surface area contributed by atoms with Crippen molar-refractivity contribution < 1.29 is 0 Å². The monoisotopic (exact) mass is 250 g/mol. The number of halogens is 1. The minimum Gasteiger partial charge on any atom is -0.367 e. The second-order valence-corrected chi connectivity index (χ2v) is 4.47. The van der Waals surface area contributed by atoms with Crippen LogP contribution in [0.2, 0.25) is 0 Å². The van der Waals surface area contributed by atoms with Crippen LogP contribution in [0.15, 0.2) is 24.5 Å². The van der Waals surface area contributed by atoms with E-state index in [2.05, 4.69) is 34.1 Å². The summed E-state index contributed by atoms with van der Waals surface area (Å²) in [6, 6.07) is 4.10. The zero-order chi connectivity index (χ0) is 12.3. The Bertz CT molecular complexity index is 503. The van der Waals surface area contributed by atoms with Gasteiger partial charge in [-0.15, -0.1) is 11.6 Å². The number of hydrogen-bond acceptors (Lipinski definition) is 4. The van der Waals surface area contributed by atoms with Crippen LogP contribution in [0.4, 0.5) is 5.82 Å². The Kier molecular flexibility index (Phi) is 3.74. The molecular weight excluding hydrogens is 236 g/mol. The highest BCUT2D eigenvalue weighted by atomic mass is 35.5. The van der Waals surface area contributed by atoms with Gasteiger partial charge in [0.05, 0.1) is 0 Å². The van der Waals surface area contributed by atoms with E-state index in [9.17, 15) is 0 Å². The van der Waals surface area contributed by atoms with E-state index in [1.807, 2.05) is 12.1 Å². The smallest absolute Gasteiger partial charge is 0.180 e. The molecule has 0 bridgehead atoms. The van der Waals surface area contributed by atoms with Gasteiger partial charge in [-0.2, -0.15) is 0 Å². The molecule has 17 heavy (non-hydrogen) atoms. The first-order valence-electron chi connectivity index (χ1n) is 5.61.